The van der Waals surface area contributed by atoms with Crippen molar-refractivity contribution in [3.8, 4) is 5.75 Å². The van der Waals surface area contributed by atoms with Gasteiger partial charge in [-0.1, -0.05) is 30.3 Å². The Morgan fingerprint density at radius 3 is 2.22 bits per heavy atom. The van der Waals surface area contributed by atoms with Crippen molar-refractivity contribution in [3.05, 3.63) is 78.4 Å². The Hall–Kier alpha value is -3.41. The molecule has 2 N–H and O–H groups in total. The first kappa shape index (κ1) is 27.2. The predicted molar refractivity (Wildman–Crippen MR) is 139 cm³/mol. The van der Waals surface area contributed by atoms with Crippen molar-refractivity contribution < 1.29 is 26.4 Å². The number of hydrogen-bond donors (Lipinski definition) is 2. The zero-order valence-electron chi connectivity index (χ0n) is 20.4. The van der Waals surface area contributed by atoms with E-state index in [-0.39, 0.29) is 27.3 Å². The van der Waals surface area contributed by atoms with Crippen molar-refractivity contribution in [2.45, 2.75) is 36.6 Å². The average molecular weight is 532 g/mol. The molecule has 36 heavy (non-hydrogen) atoms. The number of benzene rings is 3. The molecule has 3 aromatic rings. The first-order valence-corrected chi connectivity index (χ1v) is 14.0. The van der Waals surface area contributed by atoms with E-state index < -0.39 is 32.5 Å². The summed E-state index contributed by atoms with van der Waals surface area (Å²) in [5, 5.41) is 2.60. The summed E-state index contributed by atoms with van der Waals surface area (Å²) < 4.78 is 60.9. The van der Waals surface area contributed by atoms with Gasteiger partial charge in [-0.25, -0.2) is 21.6 Å². The van der Waals surface area contributed by atoms with Gasteiger partial charge in [0.15, 0.2) is 0 Å². The number of carbonyl (C=O) groups is 1. The predicted octanol–water partition coefficient (Wildman–Crippen LogP) is 3.52. The van der Waals surface area contributed by atoms with Crippen LogP contribution in [0, 0.1) is 6.92 Å². The van der Waals surface area contributed by atoms with Gasteiger partial charge in [-0.05, 0) is 68.8 Å². The van der Waals surface area contributed by atoms with E-state index in [1.807, 2.05) is 13.0 Å². The molecule has 3 rings (SSSR count). The third kappa shape index (κ3) is 6.42. The molecule has 0 atom stereocenters. The lowest BCUT2D eigenvalue weighted by Crippen LogP contribution is -2.38. The second kappa shape index (κ2) is 11.1. The molecular weight excluding hydrogens is 502 g/mol. The van der Waals surface area contributed by atoms with Gasteiger partial charge < -0.3 is 10.1 Å². The summed E-state index contributed by atoms with van der Waals surface area (Å²) in [4.78, 5) is 13.1. The maximum atomic E-state index is 13.5. The van der Waals surface area contributed by atoms with Crippen molar-refractivity contribution in [2.75, 3.05) is 23.3 Å². The largest absolute Gasteiger partial charge is 0.495 e. The lowest BCUT2D eigenvalue weighted by Gasteiger charge is -2.24. The van der Waals surface area contributed by atoms with Gasteiger partial charge in [-0.3, -0.25) is 9.10 Å². The normalized spacial score (nSPS) is 11.8. The van der Waals surface area contributed by atoms with Crippen LogP contribution >= 0.6 is 0 Å². The first-order valence-electron chi connectivity index (χ1n) is 11.1. The molecule has 0 radical (unpaired) electrons. The third-order valence-electron chi connectivity index (χ3n) is 5.05. The van der Waals surface area contributed by atoms with Crippen LogP contribution in [0.25, 0.3) is 0 Å². The van der Waals surface area contributed by atoms with Crippen LogP contribution in [0.4, 0.5) is 11.4 Å². The summed E-state index contributed by atoms with van der Waals surface area (Å²) in [6.45, 7) is 4.65. The molecule has 1 amide bonds. The maximum Gasteiger partial charge on any atom is 0.264 e. The molecule has 0 bridgehead atoms. The minimum Gasteiger partial charge on any atom is -0.495 e. The van der Waals surface area contributed by atoms with Crippen molar-refractivity contribution in [1.29, 1.82) is 0 Å². The monoisotopic (exact) mass is 531 g/mol. The fraction of sp³-hybridized carbons (Fsp3) is 0.240. The van der Waals surface area contributed by atoms with E-state index in [1.54, 1.807) is 50.2 Å². The molecule has 0 fully saturated rings. The van der Waals surface area contributed by atoms with Crippen LogP contribution in [0.15, 0.2) is 82.6 Å². The highest BCUT2D eigenvalue weighted by atomic mass is 32.2. The quantitative estimate of drug-likeness (QED) is 0.413. The first-order chi connectivity index (χ1) is 16.9. The highest BCUT2D eigenvalue weighted by Gasteiger charge is 2.28. The highest BCUT2D eigenvalue weighted by molar-refractivity contribution is 7.92. The molecule has 0 saturated heterocycles. The van der Waals surface area contributed by atoms with Crippen LogP contribution < -0.4 is 19.1 Å². The number of methoxy groups -OCH3 is 1. The number of sulfonamides is 2. The minimum absolute atomic E-state index is 0.0322. The number of aryl methyl sites for hydroxylation is 1. The molecule has 0 unspecified atom stereocenters. The number of amides is 1. The van der Waals surface area contributed by atoms with E-state index in [2.05, 4.69) is 10.0 Å². The molecule has 0 aromatic heterocycles. The standard InChI is InChI=1S/C25H29N3O6S2/c1-18(2)27-35(30,31)22-13-14-24(34-4)23(16-22)26-25(29)17-28(20-10-8-9-19(3)15-20)36(32,33)21-11-6-5-7-12-21/h5-16,18,27H,17H2,1-4H3,(H,26,29). The topological polar surface area (TPSA) is 122 Å². The molecule has 0 aliphatic heterocycles. The van der Waals surface area contributed by atoms with Gasteiger partial charge in [0.25, 0.3) is 10.0 Å². The van der Waals surface area contributed by atoms with Gasteiger partial charge >= 0.3 is 0 Å². The Labute approximate surface area is 212 Å². The van der Waals surface area contributed by atoms with Gasteiger partial charge in [-0.2, -0.15) is 0 Å². The lowest BCUT2D eigenvalue weighted by molar-refractivity contribution is -0.114. The van der Waals surface area contributed by atoms with Crippen LogP contribution in [0.3, 0.4) is 0 Å². The number of rotatable bonds is 10. The van der Waals surface area contributed by atoms with Crippen LogP contribution in [0.5, 0.6) is 5.75 Å². The van der Waals surface area contributed by atoms with Crippen molar-refractivity contribution >= 4 is 37.3 Å². The van der Waals surface area contributed by atoms with E-state index in [0.717, 1.165) is 9.87 Å². The molecule has 3 aromatic carbocycles. The molecule has 0 aliphatic rings. The Kier molecular flexibility index (Phi) is 8.39. The number of anilines is 2. The molecule has 0 saturated carbocycles. The summed E-state index contributed by atoms with van der Waals surface area (Å²) in [6, 6.07) is 18.3. The summed E-state index contributed by atoms with van der Waals surface area (Å²) in [7, 11) is -6.54. The van der Waals surface area contributed by atoms with Crippen LogP contribution in [0.2, 0.25) is 0 Å². The van der Waals surface area contributed by atoms with Gasteiger partial charge in [0.05, 0.1) is 28.3 Å². The van der Waals surface area contributed by atoms with Crippen LogP contribution in [-0.2, 0) is 24.8 Å². The average Bonchev–Trinajstić information content (AvgIpc) is 2.82. The Morgan fingerprint density at radius 2 is 1.61 bits per heavy atom. The molecule has 0 heterocycles. The molecule has 0 aliphatic carbocycles. The molecule has 9 nitrogen and oxygen atoms in total. The molecular formula is C25H29N3O6S2. The summed E-state index contributed by atoms with van der Waals surface area (Å²) >= 11 is 0. The SMILES string of the molecule is COc1ccc(S(=O)(=O)NC(C)C)cc1NC(=O)CN(c1cccc(C)c1)S(=O)(=O)c1ccccc1. The van der Waals surface area contributed by atoms with Gasteiger partial charge in [0, 0.05) is 6.04 Å². The lowest BCUT2D eigenvalue weighted by atomic mass is 10.2. The molecule has 192 valence electrons. The fourth-order valence-corrected chi connectivity index (χ4v) is 6.18. The summed E-state index contributed by atoms with van der Waals surface area (Å²) in [6.07, 6.45) is 0. The van der Waals surface area contributed by atoms with Gasteiger partial charge in [0.2, 0.25) is 15.9 Å². The Bertz CT molecular complexity index is 1440. The molecule has 11 heteroatoms. The maximum absolute atomic E-state index is 13.5. The fourth-order valence-electron chi connectivity index (χ4n) is 3.47. The van der Waals surface area contributed by atoms with Crippen LogP contribution in [0.1, 0.15) is 19.4 Å². The van der Waals surface area contributed by atoms with Gasteiger partial charge in [-0.15, -0.1) is 0 Å². The number of nitrogens with one attached hydrogen (secondary N) is 2. The summed E-state index contributed by atoms with van der Waals surface area (Å²) in [5.74, 6) is -0.458. The smallest absolute Gasteiger partial charge is 0.264 e. The van der Waals surface area contributed by atoms with E-state index in [0.29, 0.717) is 5.69 Å². The van der Waals surface area contributed by atoms with Crippen molar-refractivity contribution in [3.63, 3.8) is 0 Å². The number of ether oxygens (including phenoxy) is 1. The van der Waals surface area contributed by atoms with Crippen molar-refractivity contribution in [1.82, 2.24) is 4.72 Å². The zero-order valence-corrected chi connectivity index (χ0v) is 22.1. The number of carbonyl (C=O) groups excluding carboxylic acids is 1. The van der Waals surface area contributed by atoms with E-state index >= 15 is 0 Å². The van der Waals surface area contributed by atoms with E-state index in [4.69, 9.17) is 4.74 Å². The van der Waals surface area contributed by atoms with E-state index in [1.165, 1.54) is 37.4 Å². The second-order valence-electron chi connectivity index (χ2n) is 8.35. The Morgan fingerprint density at radius 1 is 0.917 bits per heavy atom. The Balaban J connectivity index is 1.97. The zero-order chi connectivity index (χ0) is 26.5. The number of hydrogen-bond acceptors (Lipinski definition) is 6. The highest BCUT2D eigenvalue weighted by Crippen LogP contribution is 2.29. The van der Waals surface area contributed by atoms with Gasteiger partial charge in [0.1, 0.15) is 12.3 Å². The third-order valence-corrected chi connectivity index (χ3v) is 8.50. The van der Waals surface area contributed by atoms with E-state index in [9.17, 15) is 21.6 Å². The number of nitrogens with zero attached hydrogens (tertiary/aromatic N) is 1. The second-order valence-corrected chi connectivity index (χ2v) is 11.9. The summed E-state index contributed by atoms with van der Waals surface area (Å²) in [5.41, 5.74) is 1.23. The molecule has 0 spiro atoms. The van der Waals surface area contributed by atoms with Crippen molar-refractivity contribution in [2.24, 2.45) is 0 Å². The minimum atomic E-state index is -4.08. The van der Waals surface area contributed by atoms with Crippen LogP contribution in [-0.4, -0.2) is 42.4 Å².